The van der Waals surface area contributed by atoms with Gasteiger partial charge in [-0.1, -0.05) is 54.6 Å². The van der Waals surface area contributed by atoms with Gasteiger partial charge in [-0.25, -0.2) is 0 Å². The van der Waals surface area contributed by atoms with Crippen LogP contribution in [0.25, 0.3) is 21.9 Å². The Kier molecular flexibility index (Phi) is 2.09. The van der Waals surface area contributed by atoms with Gasteiger partial charge in [0.1, 0.15) is 6.10 Å². The van der Waals surface area contributed by atoms with Gasteiger partial charge in [0, 0.05) is 0 Å². The molecule has 3 aromatic rings. The molecular weight excluding hydrogens is 232 g/mol. The predicted molar refractivity (Wildman–Crippen MR) is 78.2 cm³/mol. The van der Waals surface area contributed by atoms with Crippen LogP contribution in [0.4, 0.5) is 0 Å². The number of hydrogen-bond acceptors (Lipinski definition) is 1. The van der Waals surface area contributed by atoms with Crippen molar-refractivity contribution < 1.29 is 5.11 Å². The summed E-state index contributed by atoms with van der Waals surface area (Å²) in [6, 6.07) is 18.7. The summed E-state index contributed by atoms with van der Waals surface area (Å²) in [4.78, 5) is 0. The van der Waals surface area contributed by atoms with Crippen molar-refractivity contribution in [2.24, 2.45) is 0 Å². The van der Waals surface area contributed by atoms with Crippen molar-refractivity contribution in [2.45, 2.75) is 13.0 Å². The van der Waals surface area contributed by atoms with E-state index >= 15 is 0 Å². The van der Waals surface area contributed by atoms with E-state index < -0.39 is 6.10 Å². The predicted octanol–water partition coefficient (Wildman–Crippen LogP) is 4.21. The van der Waals surface area contributed by atoms with E-state index in [-0.39, 0.29) is 0 Å². The molecule has 1 aliphatic carbocycles. The quantitative estimate of drug-likeness (QED) is 0.630. The van der Waals surface area contributed by atoms with Crippen LogP contribution in [0.2, 0.25) is 0 Å². The Morgan fingerprint density at radius 3 is 2.37 bits per heavy atom. The lowest BCUT2D eigenvalue weighted by Gasteiger charge is -2.10. The lowest BCUT2D eigenvalue weighted by molar-refractivity contribution is 0.225. The Bertz CT molecular complexity index is 802. The largest absolute Gasteiger partial charge is 0.384 e. The summed E-state index contributed by atoms with van der Waals surface area (Å²) in [6.07, 6.45) is -0.491. The van der Waals surface area contributed by atoms with Gasteiger partial charge >= 0.3 is 0 Å². The summed E-state index contributed by atoms with van der Waals surface area (Å²) in [6.45, 7) is 2.11. The van der Waals surface area contributed by atoms with E-state index in [9.17, 15) is 5.11 Å². The molecule has 4 rings (SSSR count). The summed E-state index contributed by atoms with van der Waals surface area (Å²) in [5, 5.41) is 13.0. The highest BCUT2D eigenvalue weighted by molar-refractivity contribution is 6.02. The Morgan fingerprint density at radius 2 is 1.53 bits per heavy atom. The topological polar surface area (TPSA) is 20.2 Å². The van der Waals surface area contributed by atoms with Gasteiger partial charge in [-0.05, 0) is 45.5 Å². The molecule has 0 saturated heterocycles. The standard InChI is InChI=1S/C18H14O/c1-11-10-16-17(13-7-3-2-6-12(11)13)14-8-4-5-9-15(14)18(16)19/h2-10,18-19H,1H3. The smallest absolute Gasteiger partial charge is 0.105 e. The normalized spacial score (nSPS) is 16.4. The molecule has 1 unspecified atom stereocenters. The van der Waals surface area contributed by atoms with E-state index in [1.165, 1.54) is 27.5 Å². The molecule has 0 spiro atoms. The number of aryl methyl sites for hydroxylation is 1. The zero-order chi connectivity index (χ0) is 13.0. The minimum Gasteiger partial charge on any atom is -0.384 e. The van der Waals surface area contributed by atoms with Crippen LogP contribution in [0, 0.1) is 6.92 Å². The first-order valence-electron chi connectivity index (χ1n) is 6.57. The SMILES string of the molecule is Cc1cc2c(c3ccccc13)-c1ccccc1C2O. The van der Waals surface area contributed by atoms with E-state index in [2.05, 4.69) is 43.3 Å². The molecule has 3 aromatic carbocycles. The molecule has 0 aromatic heterocycles. The number of aliphatic hydroxyl groups excluding tert-OH is 1. The summed E-state index contributed by atoms with van der Waals surface area (Å²) < 4.78 is 0. The van der Waals surface area contributed by atoms with Crippen LogP contribution >= 0.6 is 0 Å². The first-order valence-corrected chi connectivity index (χ1v) is 6.57. The summed E-state index contributed by atoms with van der Waals surface area (Å²) in [5.74, 6) is 0. The van der Waals surface area contributed by atoms with Crippen LogP contribution < -0.4 is 0 Å². The zero-order valence-corrected chi connectivity index (χ0v) is 10.7. The molecule has 0 radical (unpaired) electrons. The van der Waals surface area contributed by atoms with Crippen molar-refractivity contribution in [1.29, 1.82) is 0 Å². The highest BCUT2D eigenvalue weighted by Gasteiger charge is 2.28. The van der Waals surface area contributed by atoms with Crippen LogP contribution in [0.5, 0.6) is 0 Å². The third kappa shape index (κ3) is 1.33. The molecule has 0 bridgehead atoms. The molecule has 1 N–H and O–H groups in total. The van der Waals surface area contributed by atoms with Gasteiger partial charge in [-0.3, -0.25) is 0 Å². The van der Waals surface area contributed by atoms with Crippen LogP contribution in [0.3, 0.4) is 0 Å². The van der Waals surface area contributed by atoms with Gasteiger partial charge in [0.25, 0.3) is 0 Å². The highest BCUT2D eigenvalue weighted by atomic mass is 16.3. The van der Waals surface area contributed by atoms with Gasteiger partial charge in [-0.2, -0.15) is 0 Å². The maximum Gasteiger partial charge on any atom is 0.105 e. The maximum absolute atomic E-state index is 10.5. The molecule has 0 saturated carbocycles. The molecule has 1 aliphatic rings. The molecule has 0 fully saturated rings. The molecule has 1 atom stereocenters. The van der Waals surface area contributed by atoms with E-state index in [1.807, 2.05) is 18.2 Å². The Morgan fingerprint density at radius 1 is 0.842 bits per heavy atom. The van der Waals surface area contributed by atoms with Crippen LogP contribution in [0.15, 0.2) is 54.6 Å². The van der Waals surface area contributed by atoms with Crippen molar-refractivity contribution in [3.63, 3.8) is 0 Å². The molecular formula is C18H14O. The second-order valence-corrected chi connectivity index (χ2v) is 5.19. The van der Waals surface area contributed by atoms with Gasteiger partial charge < -0.3 is 5.11 Å². The average Bonchev–Trinajstić information content (AvgIpc) is 2.73. The number of fused-ring (bicyclic) bond motifs is 5. The van der Waals surface area contributed by atoms with Crippen LogP contribution in [0.1, 0.15) is 22.8 Å². The monoisotopic (exact) mass is 246 g/mol. The molecule has 0 heterocycles. The molecule has 0 amide bonds. The molecule has 1 nitrogen and oxygen atoms in total. The second-order valence-electron chi connectivity index (χ2n) is 5.19. The first-order chi connectivity index (χ1) is 9.27. The molecule has 92 valence electrons. The highest BCUT2D eigenvalue weighted by Crippen LogP contribution is 2.47. The fourth-order valence-electron chi connectivity index (χ4n) is 3.23. The van der Waals surface area contributed by atoms with Gasteiger partial charge in [0.15, 0.2) is 0 Å². The van der Waals surface area contributed by atoms with Crippen LogP contribution in [-0.2, 0) is 0 Å². The number of benzene rings is 3. The zero-order valence-electron chi connectivity index (χ0n) is 10.7. The Labute approximate surface area is 112 Å². The van der Waals surface area contributed by atoms with E-state index in [1.54, 1.807) is 0 Å². The third-order valence-electron chi connectivity index (χ3n) is 4.10. The summed E-state index contributed by atoms with van der Waals surface area (Å²) in [7, 11) is 0. The van der Waals surface area contributed by atoms with Crippen molar-refractivity contribution in [1.82, 2.24) is 0 Å². The second kappa shape index (κ2) is 3.69. The Hall–Kier alpha value is -2.12. The minimum atomic E-state index is -0.491. The first kappa shape index (κ1) is 10.8. The van der Waals surface area contributed by atoms with Crippen molar-refractivity contribution in [2.75, 3.05) is 0 Å². The average molecular weight is 246 g/mol. The Balaban J connectivity index is 2.21. The molecule has 19 heavy (non-hydrogen) atoms. The fraction of sp³-hybridized carbons (Fsp3) is 0.111. The van der Waals surface area contributed by atoms with E-state index in [4.69, 9.17) is 0 Å². The molecule has 1 heteroatoms. The molecule has 0 aliphatic heterocycles. The summed E-state index contributed by atoms with van der Waals surface area (Å²) >= 11 is 0. The van der Waals surface area contributed by atoms with Crippen molar-refractivity contribution in [3.8, 4) is 11.1 Å². The maximum atomic E-state index is 10.5. The lowest BCUT2D eigenvalue weighted by Crippen LogP contribution is -1.94. The van der Waals surface area contributed by atoms with E-state index in [0.29, 0.717) is 0 Å². The number of rotatable bonds is 0. The number of aliphatic hydroxyl groups is 1. The summed E-state index contributed by atoms with van der Waals surface area (Å²) in [5.41, 5.74) is 5.65. The van der Waals surface area contributed by atoms with E-state index in [0.717, 1.165) is 11.1 Å². The van der Waals surface area contributed by atoms with Crippen LogP contribution in [-0.4, -0.2) is 5.11 Å². The van der Waals surface area contributed by atoms with Crippen molar-refractivity contribution in [3.05, 3.63) is 71.3 Å². The van der Waals surface area contributed by atoms with Gasteiger partial charge in [0.05, 0.1) is 0 Å². The minimum absolute atomic E-state index is 0.491. The fourth-order valence-corrected chi connectivity index (χ4v) is 3.23. The van der Waals surface area contributed by atoms with Gasteiger partial charge in [-0.15, -0.1) is 0 Å². The third-order valence-corrected chi connectivity index (χ3v) is 4.10. The van der Waals surface area contributed by atoms with Crippen molar-refractivity contribution >= 4 is 10.8 Å². The lowest BCUT2D eigenvalue weighted by atomic mass is 9.94. The van der Waals surface area contributed by atoms with Gasteiger partial charge in [0.2, 0.25) is 0 Å². The number of hydrogen-bond donors (Lipinski definition) is 1.